The summed E-state index contributed by atoms with van der Waals surface area (Å²) in [5.74, 6) is 2.72. The van der Waals surface area contributed by atoms with E-state index in [0.717, 1.165) is 23.5 Å². The smallest absolute Gasteiger partial charge is 0.128 e. The van der Waals surface area contributed by atoms with Gasteiger partial charge < -0.3 is 14.6 Å². The zero-order chi connectivity index (χ0) is 30.0. The number of aromatic hydroxyl groups is 1. The first-order chi connectivity index (χ1) is 19.9. The first-order valence-corrected chi connectivity index (χ1v) is 15.4. The topological polar surface area (TPSA) is 38.7 Å². The summed E-state index contributed by atoms with van der Waals surface area (Å²) in [6.45, 7) is 19.9. The minimum atomic E-state index is -0.123. The van der Waals surface area contributed by atoms with Crippen molar-refractivity contribution >= 4 is 0 Å². The Morgan fingerprint density at radius 2 is 1.17 bits per heavy atom. The third-order valence-corrected chi connectivity index (χ3v) is 10.2. The van der Waals surface area contributed by atoms with Gasteiger partial charge >= 0.3 is 0 Å². The van der Waals surface area contributed by atoms with Crippen LogP contribution in [0.1, 0.15) is 98.7 Å². The molecule has 0 aliphatic carbocycles. The highest BCUT2D eigenvalue weighted by Gasteiger charge is 2.41. The second kappa shape index (κ2) is 10.5. The van der Waals surface area contributed by atoms with Crippen LogP contribution in [0.25, 0.3) is 0 Å². The van der Waals surface area contributed by atoms with E-state index in [9.17, 15) is 5.11 Å². The fourth-order valence-electron chi connectivity index (χ4n) is 7.51. The zero-order valence-corrected chi connectivity index (χ0v) is 26.6. The third kappa shape index (κ3) is 4.68. The van der Waals surface area contributed by atoms with Crippen molar-refractivity contribution in [2.24, 2.45) is 11.8 Å². The van der Waals surface area contributed by atoms with Crippen LogP contribution in [-0.2, 0) is 6.42 Å². The van der Waals surface area contributed by atoms with E-state index >= 15 is 0 Å². The van der Waals surface area contributed by atoms with Crippen molar-refractivity contribution in [1.29, 1.82) is 0 Å². The fraction of sp³-hybridized carbons (Fsp3) is 0.385. The molecule has 6 rings (SSSR count). The van der Waals surface area contributed by atoms with E-state index in [2.05, 4.69) is 105 Å². The Morgan fingerprint density at radius 3 is 1.79 bits per heavy atom. The quantitative estimate of drug-likeness (QED) is 0.271. The van der Waals surface area contributed by atoms with Crippen molar-refractivity contribution in [2.75, 3.05) is 0 Å². The van der Waals surface area contributed by atoms with E-state index in [4.69, 9.17) is 9.47 Å². The van der Waals surface area contributed by atoms with Crippen LogP contribution in [0.15, 0.2) is 54.6 Å². The zero-order valence-electron chi connectivity index (χ0n) is 26.6. The van der Waals surface area contributed by atoms with Gasteiger partial charge in [-0.05, 0) is 128 Å². The number of phenols is 1. The molecule has 5 atom stereocenters. The molecule has 2 aliphatic rings. The summed E-state index contributed by atoms with van der Waals surface area (Å²) >= 11 is 0. The SMILES string of the molecule is Cc1ccc(C2Oc3cc(C)c([C@H]4c5c(C)cc(O)cc5OC(c5ccc(C)c(C)c5)C4C)c(C)c3CC2C)cc1C. The van der Waals surface area contributed by atoms with Gasteiger partial charge in [0.15, 0.2) is 0 Å². The van der Waals surface area contributed by atoms with Crippen molar-refractivity contribution in [2.45, 2.75) is 86.9 Å². The minimum absolute atomic E-state index is 0.0450. The number of benzene rings is 4. The van der Waals surface area contributed by atoms with Crippen LogP contribution in [0, 0.1) is 60.3 Å². The van der Waals surface area contributed by atoms with E-state index in [1.54, 1.807) is 6.07 Å². The maximum atomic E-state index is 10.6. The van der Waals surface area contributed by atoms with Crippen LogP contribution in [0.3, 0.4) is 0 Å². The molecular weight excluding hydrogens is 516 g/mol. The van der Waals surface area contributed by atoms with Gasteiger partial charge in [0, 0.05) is 29.4 Å². The van der Waals surface area contributed by atoms with Crippen LogP contribution >= 0.6 is 0 Å². The van der Waals surface area contributed by atoms with Crippen LogP contribution in [0.5, 0.6) is 17.2 Å². The Labute approximate surface area is 251 Å². The molecule has 1 N–H and O–H groups in total. The number of hydrogen-bond donors (Lipinski definition) is 1. The normalized spacial score (nSPS) is 23.0. The first kappa shape index (κ1) is 28.4. The minimum Gasteiger partial charge on any atom is -0.508 e. The fourth-order valence-corrected chi connectivity index (χ4v) is 7.51. The summed E-state index contributed by atoms with van der Waals surface area (Å²) in [6, 6.07) is 19.4. The van der Waals surface area contributed by atoms with E-state index < -0.39 is 0 Å². The van der Waals surface area contributed by atoms with Gasteiger partial charge in [-0.15, -0.1) is 0 Å². The number of hydrogen-bond acceptors (Lipinski definition) is 3. The summed E-state index contributed by atoms with van der Waals surface area (Å²) in [5, 5.41) is 10.6. The van der Waals surface area contributed by atoms with Gasteiger partial charge in [0.1, 0.15) is 29.5 Å². The van der Waals surface area contributed by atoms with Crippen LogP contribution in [0.4, 0.5) is 0 Å². The second-order valence-corrected chi connectivity index (χ2v) is 13.2. The van der Waals surface area contributed by atoms with E-state index in [1.165, 1.54) is 61.2 Å². The molecule has 0 saturated carbocycles. The molecule has 0 aromatic heterocycles. The van der Waals surface area contributed by atoms with Gasteiger partial charge in [0.05, 0.1) is 0 Å². The van der Waals surface area contributed by atoms with Gasteiger partial charge in [-0.1, -0.05) is 50.2 Å². The van der Waals surface area contributed by atoms with E-state index in [0.29, 0.717) is 5.92 Å². The monoisotopic (exact) mass is 560 g/mol. The van der Waals surface area contributed by atoms with Crippen LogP contribution < -0.4 is 9.47 Å². The van der Waals surface area contributed by atoms with Crippen LogP contribution in [-0.4, -0.2) is 5.11 Å². The van der Waals surface area contributed by atoms with Crippen molar-refractivity contribution in [3.63, 3.8) is 0 Å². The molecular formula is C39H44O3. The summed E-state index contributed by atoms with van der Waals surface area (Å²) < 4.78 is 13.6. The molecule has 4 aromatic carbocycles. The van der Waals surface area contributed by atoms with Crippen molar-refractivity contribution < 1.29 is 14.6 Å². The Hall–Kier alpha value is -3.72. The lowest BCUT2D eigenvalue weighted by Gasteiger charge is -2.42. The summed E-state index contributed by atoms with van der Waals surface area (Å²) in [6.07, 6.45) is 0.900. The molecule has 2 heterocycles. The summed E-state index contributed by atoms with van der Waals surface area (Å²) in [5.41, 5.74) is 15.1. The van der Waals surface area contributed by atoms with Crippen molar-refractivity contribution in [1.82, 2.24) is 0 Å². The van der Waals surface area contributed by atoms with Crippen LogP contribution in [0.2, 0.25) is 0 Å². The van der Waals surface area contributed by atoms with Gasteiger partial charge in [0.25, 0.3) is 0 Å². The van der Waals surface area contributed by atoms with Crippen molar-refractivity contribution in [3.05, 3.63) is 121 Å². The second-order valence-electron chi connectivity index (χ2n) is 13.2. The molecule has 0 fully saturated rings. The van der Waals surface area contributed by atoms with Gasteiger partial charge in [0.2, 0.25) is 0 Å². The highest BCUT2D eigenvalue weighted by atomic mass is 16.5. The molecule has 218 valence electrons. The molecule has 2 aliphatic heterocycles. The van der Waals surface area contributed by atoms with E-state index in [-0.39, 0.29) is 29.8 Å². The molecule has 0 spiro atoms. The number of fused-ring (bicyclic) bond motifs is 2. The molecule has 3 nitrogen and oxygen atoms in total. The number of aryl methyl sites for hydroxylation is 6. The molecule has 0 amide bonds. The third-order valence-electron chi connectivity index (χ3n) is 10.2. The maximum absolute atomic E-state index is 10.6. The average Bonchev–Trinajstić information content (AvgIpc) is 2.93. The number of phenolic OH excluding ortho intramolecular Hbond substituents is 1. The molecule has 42 heavy (non-hydrogen) atoms. The predicted molar refractivity (Wildman–Crippen MR) is 171 cm³/mol. The van der Waals surface area contributed by atoms with Gasteiger partial charge in [-0.2, -0.15) is 0 Å². The van der Waals surface area contributed by atoms with Gasteiger partial charge in [-0.3, -0.25) is 0 Å². The van der Waals surface area contributed by atoms with E-state index in [1.807, 2.05) is 6.07 Å². The van der Waals surface area contributed by atoms with Crippen molar-refractivity contribution in [3.8, 4) is 17.2 Å². The largest absolute Gasteiger partial charge is 0.508 e. The Kier molecular flexibility index (Phi) is 7.12. The Morgan fingerprint density at radius 1 is 0.595 bits per heavy atom. The molecule has 0 saturated heterocycles. The molecule has 3 heteroatoms. The Balaban J connectivity index is 1.47. The molecule has 4 unspecified atom stereocenters. The lowest BCUT2D eigenvalue weighted by atomic mass is 9.70. The lowest BCUT2D eigenvalue weighted by Crippen LogP contribution is -2.31. The number of rotatable bonds is 3. The molecule has 4 aromatic rings. The number of ether oxygens (including phenoxy) is 2. The predicted octanol–water partition coefficient (Wildman–Crippen LogP) is 9.77. The van der Waals surface area contributed by atoms with Gasteiger partial charge in [-0.25, -0.2) is 0 Å². The summed E-state index contributed by atoms with van der Waals surface area (Å²) in [7, 11) is 0. The summed E-state index contributed by atoms with van der Waals surface area (Å²) in [4.78, 5) is 0. The molecule has 0 bridgehead atoms. The highest BCUT2D eigenvalue weighted by molar-refractivity contribution is 5.59. The Bertz CT molecular complexity index is 1700. The molecule has 0 radical (unpaired) electrons. The maximum Gasteiger partial charge on any atom is 0.128 e. The standard InChI is InChI=1S/C39H44O3/c1-20-10-12-29(14-22(20)3)38-26(7)17-32-27(8)35(25(6)18-33(32)41-38)37-28(9)39(30-13-11-21(2)23(4)15-30)42-34-19-31(40)16-24(5)36(34)37/h10-16,18-19,26,28,37-40H,17H2,1-9H3/t26?,28?,37-,38?,39?/m0/s1. The highest BCUT2D eigenvalue weighted by Crippen LogP contribution is 2.54. The lowest BCUT2D eigenvalue weighted by molar-refractivity contribution is 0.109. The first-order valence-electron chi connectivity index (χ1n) is 15.4. The average molecular weight is 561 g/mol.